The lowest BCUT2D eigenvalue weighted by Crippen LogP contribution is -2.49. The Labute approximate surface area is 187 Å². The molecule has 0 amide bonds. The normalized spacial score (nSPS) is 14.3. The van der Waals surface area contributed by atoms with Gasteiger partial charge in [-0.1, -0.05) is 34.6 Å². The summed E-state index contributed by atoms with van der Waals surface area (Å²) in [6, 6.07) is 0. The van der Waals surface area contributed by atoms with Gasteiger partial charge in [-0.05, 0) is 65.7 Å². The quantitative estimate of drug-likeness (QED) is 0.257. The van der Waals surface area contributed by atoms with Crippen molar-refractivity contribution in [3.05, 3.63) is 0 Å². The molecule has 0 aliphatic heterocycles. The molecule has 0 aromatic rings. The monoisotopic (exact) mass is 446 g/mol. The number of halogens is 1. The van der Waals surface area contributed by atoms with Crippen LogP contribution in [0.2, 0.25) is 0 Å². The van der Waals surface area contributed by atoms with Gasteiger partial charge < -0.3 is 14.2 Å². The molecule has 1 unspecified atom stereocenters. The van der Waals surface area contributed by atoms with Gasteiger partial charge in [-0.15, -0.1) is 0 Å². The Morgan fingerprint density at radius 2 is 1.39 bits per heavy atom. The van der Waals surface area contributed by atoms with Gasteiger partial charge in [0.05, 0.1) is 11.5 Å². The van der Waals surface area contributed by atoms with Gasteiger partial charge in [0, 0.05) is 6.42 Å². The van der Waals surface area contributed by atoms with Crippen molar-refractivity contribution in [3.63, 3.8) is 0 Å². The third-order valence-electron chi connectivity index (χ3n) is 6.11. The number of hydrogen-bond acceptors (Lipinski definition) is 6. The van der Waals surface area contributed by atoms with Crippen molar-refractivity contribution in [3.8, 4) is 0 Å². The van der Waals surface area contributed by atoms with Crippen molar-refractivity contribution in [2.45, 2.75) is 118 Å². The number of hydrogen-bond donors (Lipinski definition) is 0. The van der Waals surface area contributed by atoms with Crippen molar-refractivity contribution < 1.29 is 33.0 Å². The molecule has 7 heteroatoms. The molecule has 0 bridgehead atoms. The lowest BCUT2D eigenvalue weighted by molar-refractivity contribution is -0.187. The highest BCUT2D eigenvalue weighted by Gasteiger charge is 2.50. The maximum absolute atomic E-state index is 15.8. The summed E-state index contributed by atoms with van der Waals surface area (Å²) in [4.78, 5) is 37.2. The lowest BCUT2D eigenvalue weighted by Gasteiger charge is -2.41. The molecular weight excluding hydrogens is 403 g/mol. The summed E-state index contributed by atoms with van der Waals surface area (Å²) in [7, 11) is 0. The van der Waals surface area contributed by atoms with E-state index in [1.165, 1.54) is 13.8 Å². The molecule has 0 saturated carbocycles. The van der Waals surface area contributed by atoms with Gasteiger partial charge in [0.25, 0.3) is 0 Å². The van der Waals surface area contributed by atoms with Crippen LogP contribution in [0.15, 0.2) is 0 Å². The second-order valence-corrected chi connectivity index (χ2v) is 9.17. The zero-order valence-corrected chi connectivity index (χ0v) is 20.9. The van der Waals surface area contributed by atoms with E-state index in [0.717, 1.165) is 12.8 Å². The summed E-state index contributed by atoms with van der Waals surface area (Å²) >= 11 is 0. The van der Waals surface area contributed by atoms with E-state index >= 15 is 4.39 Å². The molecule has 0 saturated heterocycles. The molecule has 0 rings (SSSR count). The van der Waals surface area contributed by atoms with Crippen LogP contribution in [0, 0.1) is 11.3 Å². The molecule has 31 heavy (non-hydrogen) atoms. The van der Waals surface area contributed by atoms with Crippen molar-refractivity contribution in [2.75, 3.05) is 6.61 Å². The Morgan fingerprint density at radius 3 is 1.77 bits per heavy atom. The number of ether oxygens (including phenoxy) is 3. The Hall–Kier alpha value is -1.66. The first-order valence-electron chi connectivity index (χ1n) is 11.6. The van der Waals surface area contributed by atoms with E-state index in [4.69, 9.17) is 14.2 Å². The van der Waals surface area contributed by atoms with Gasteiger partial charge in [-0.2, -0.15) is 0 Å². The van der Waals surface area contributed by atoms with Crippen LogP contribution in [-0.4, -0.2) is 41.9 Å². The molecule has 6 nitrogen and oxygen atoms in total. The summed E-state index contributed by atoms with van der Waals surface area (Å²) in [5.74, 6) is -2.27. The molecule has 0 heterocycles. The molecule has 0 spiro atoms. The Morgan fingerprint density at radius 1 is 0.871 bits per heavy atom. The van der Waals surface area contributed by atoms with Crippen LogP contribution in [0.25, 0.3) is 0 Å². The number of carbonyl (C=O) groups excluding carboxylic acids is 3. The van der Waals surface area contributed by atoms with E-state index < -0.39 is 47.6 Å². The number of alkyl halides is 1. The summed E-state index contributed by atoms with van der Waals surface area (Å²) in [5.41, 5.74) is -4.42. The van der Waals surface area contributed by atoms with Crippen molar-refractivity contribution in [1.82, 2.24) is 0 Å². The minimum absolute atomic E-state index is 0.123. The zero-order chi connectivity index (χ0) is 24.5. The fourth-order valence-electron chi connectivity index (χ4n) is 4.09. The van der Waals surface area contributed by atoms with E-state index in [1.54, 1.807) is 20.8 Å². The van der Waals surface area contributed by atoms with Crippen LogP contribution >= 0.6 is 0 Å². The fraction of sp³-hybridized carbons (Fsp3) is 0.875. The molecule has 0 aromatic heterocycles. The highest BCUT2D eigenvalue weighted by atomic mass is 19.1. The van der Waals surface area contributed by atoms with Gasteiger partial charge in [0.15, 0.2) is 6.61 Å². The average molecular weight is 447 g/mol. The smallest absolute Gasteiger partial charge is 0.344 e. The Kier molecular flexibility index (Phi) is 11.7. The second kappa shape index (κ2) is 12.4. The molecule has 182 valence electrons. The van der Waals surface area contributed by atoms with Crippen LogP contribution in [0.5, 0.6) is 0 Å². The molecule has 0 N–H and O–H groups in total. The molecule has 0 radical (unpaired) electrons. The highest BCUT2D eigenvalue weighted by Crippen LogP contribution is 2.40. The van der Waals surface area contributed by atoms with Gasteiger partial charge in [0.2, 0.25) is 5.67 Å². The van der Waals surface area contributed by atoms with Crippen molar-refractivity contribution >= 4 is 17.9 Å². The van der Waals surface area contributed by atoms with Gasteiger partial charge in [0.1, 0.15) is 5.60 Å². The van der Waals surface area contributed by atoms with Gasteiger partial charge in [-0.3, -0.25) is 4.79 Å². The first kappa shape index (κ1) is 29.3. The van der Waals surface area contributed by atoms with E-state index in [0.29, 0.717) is 12.8 Å². The third kappa shape index (κ3) is 8.08. The van der Waals surface area contributed by atoms with Crippen molar-refractivity contribution in [2.24, 2.45) is 11.3 Å². The Bertz CT molecular complexity index is 593. The first-order chi connectivity index (χ1) is 14.3. The highest BCUT2D eigenvalue weighted by molar-refractivity contribution is 5.83. The molecular formula is C24H43FO6. The van der Waals surface area contributed by atoms with Crippen LogP contribution in [0.4, 0.5) is 4.39 Å². The predicted octanol–water partition coefficient (Wildman–Crippen LogP) is 5.55. The maximum Gasteiger partial charge on any atom is 0.344 e. The summed E-state index contributed by atoms with van der Waals surface area (Å²) in [6.07, 6.45) is 1.95. The van der Waals surface area contributed by atoms with Crippen LogP contribution in [0.3, 0.4) is 0 Å². The first-order valence-corrected chi connectivity index (χ1v) is 11.6. The largest absolute Gasteiger partial charge is 0.460 e. The molecule has 0 aliphatic rings. The SMILES string of the molecule is CCC(CC)C(CC)(CC)OC(=O)C(F)(CC)CC(C)(C)C(=O)OCC(=O)OC(C)C. The Balaban J connectivity index is 5.45. The fourth-order valence-corrected chi connectivity index (χ4v) is 4.09. The molecule has 1 atom stereocenters. The number of rotatable bonds is 14. The topological polar surface area (TPSA) is 78.9 Å². The maximum atomic E-state index is 15.8. The standard InChI is InChI=1S/C24H43FO6/c1-10-18(11-2)24(13-4,14-5)31-21(28)23(25,12-3)16-22(8,9)20(27)29-15-19(26)30-17(6)7/h17-18H,10-16H2,1-9H3. The predicted molar refractivity (Wildman–Crippen MR) is 118 cm³/mol. The minimum Gasteiger partial charge on any atom is -0.460 e. The number of esters is 3. The van der Waals surface area contributed by atoms with Crippen molar-refractivity contribution in [1.29, 1.82) is 0 Å². The average Bonchev–Trinajstić information content (AvgIpc) is 2.70. The summed E-state index contributed by atoms with van der Waals surface area (Å²) < 4.78 is 31.7. The molecule has 0 aromatic carbocycles. The van der Waals surface area contributed by atoms with Gasteiger partial charge >= 0.3 is 17.9 Å². The lowest BCUT2D eigenvalue weighted by atomic mass is 9.77. The van der Waals surface area contributed by atoms with E-state index in [-0.39, 0.29) is 18.4 Å². The van der Waals surface area contributed by atoms with Crippen LogP contribution < -0.4 is 0 Å². The molecule has 0 aliphatic carbocycles. The van der Waals surface area contributed by atoms with Gasteiger partial charge in [-0.25, -0.2) is 14.0 Å². The molecule has 0 fully saturated rings. The minimum atomic E-state index is -2.34. The second-order valence-electron chi connectivity index (χ2n) is 9.17. The summed E-state index contributed by atoms with van der Waals surface area (Å²) in [5, 5.41) is 0. The van der Waals surface area contributed by atoms with E-state index in [1.807, 2.05) is 27.7 Å². The number of carbonyl (C=O) groups is 3. The van der Waals surface area contributed by atoms with Crippen LogP contribution in [0.1, 0.15) is 101 Å². The summed E-state index contributed by atoms with van der Waals surface area (Å²) in [6.45, 7) is 15.3. The third-order valence-corrected chi connectivity index (χ3v) is 6.11. The van der Waals surface area contributed by atoms with Crippen LogP contribution in [-0.2, 0) is 28.6 Å². The van der Waals surface area contributed by atoms with E-state index in [9.17, 15) is 14.4 Å². The van der Waals surface area contributed by atoms with E-state index in [2.05, 4.69) is 0 Å². The zero-order valence-electron chi connectivity index (χ0n) is 20.9.